The summed E-state index contributed by atoms with van der Waals surface area (Å²) in [6.07, 6.45) is 7.62. The molecule has 8 nitrogen and oxygen atoms in total. The topological polar surface area (TPSA) is 89.5 Å². The molecule has 8 heteroatoms. The van der Waals surface area contributed by atoms with Gasteiger partial charge in [0, 0.05) is 6.42 Å². The van der Waals surface area contributed by atoms with Crippen LogP contribution in [0.3, 0.4) is 0 Å². The van der Waals surface area contributed by atoms with E-state index in [1.54, 1.807) is 0 Å². The predicted octanol–water partition coefficient (Wildman–Crippen LogP) is 9.80. The standard InChI is InChI=1S/C48H62O8/c1-33(20-23-43(49)51-4)37-21-22-38-44-39(24-26-47(37,38)2)48(3)27-25-41(56-46(50)36-18-12-7-13-19-36)45(55-32-53-30-35-16-10-6-11-17-35)40(48)28-42(44)54-31-52-29-34-14-8-5-9-15-34/h5-19,33,37-42,44-45H,20-32H2,1-4H3/t33-,37-,38+,39+,40+,41-,42-,44+,45-,47-,48-/m1/s1. The fourth-order valence-electron chi connectivity index (χ4n) is 11.9. The number of fused-ring (bicyclic) bond motifs is 5. The molecule has 3 aromatic rings. The quantitative estimate of drug-likeness (QED) is 0.0809. The van der Waals surface area contributed by atoms with E-state index in [0.717, 1.165) is 49.7 Å². The zero-order chi connectivity index (χ0) is 39.1. The first-order valence-corrected chi connectivity index (χ1v) is 21.0. The molecule has 0 N–H and O–H groups in total. The number of carbonyl (C=O) groups is 2. The van der Waals surface area contributed by atoms with Crippen molar-refractivity contribution in [2.75, 3.05) is 20.7 Å². The summed E-state index contributed by atoms with van der Waals surface area (Å²) < 4.78 is 37.5. The molecule has 0 unspecified atom stereocenters. The minimum Gasteiger partial charge on any atom is -0.469 e. The molecule has 302 valence electrons. The third-order valence-corrected chi connectivity index (χ3v) is 14.7. The van der Waals surface area contributed by atoms with Gasteiger partial charge in [-0.1, -0.05) is 99.6 Å². The second kappa shape index (κ2) is 18.4. The van der Waals surface area contributed by atoms with Gasteiger partial charge >= 0.3 is 11.9 Å². The van der Waals surface area contributed by atoms with Crippen LogP contribution in [0.25, 0.3) is 0 Å². The summed E-state index contributed by atoms with van der Waals surface area (Å²) in [5.74, 6) is 1.92. The normalized spacial score (nSPS) is 32.7. The van der Waals surface area contributed by atoms with E-state index in [2.05, 4.69) is 45.0 Å². The minimum atomic E-state index is -0.409. The molecule has 7 rings (SSSR count). The SMILES string of the molecule is COC(=O)CC[C@@H](C)[C@H]1CC[C@H]2[C@@H]3[C@H](OCOCc4ccccc4)C[C@H]4[C@@H](OCOCc5ccccc5)[C@H](OC(=O)c5ccccc5)CC[C@]4(C)[C@H]3CC[C@]12C. The highest BCUT2D eigenvalue weighted by Gasteiger charge is 2.65. The van der Waals surface area contributed by atoms with Gasteiger partial charge in [-0.25, -0.2) is 4.79 Å². The number of esters is 2. The summed E-state index contributed by atoms with van der Waals surface area (Å²) >= 11 is 0. The summed E-state index contributed by atoms with van der Waals surface area (Å²) in [4.78, 5) is 25.7. The second-order valence-corrected chi connectivity index (χ2v) is 17.5. The van der Waals surface area contributed by atoms with Gasteiger partial charge in [0.1, 0.15) is 25.8 Å². The Hall–Kier alpha value is -3.56. The summed E-state index contributed by atoms with van der Waals surface area (Å²) in [6, 6.07) is 29.6. The van der Waals surface area contributed by atoms with E-state index >= 15 is 0 Å². The fourth-order valence-corrected chi connectivity index (χ4v) is 11.9. The maximum Gasteiger partial charge on any atom is 0.338 e. The summed E-state index contributed by atoms with van der Waals surface area (Å²) in [6.45, 7) is 8.63. The molecule has 0 bridgehead atoms. The van der Waals surface area contributed by atoms with Crippen molar-refractivity contribution in [1.29, 1.82) is 0 Å². The maximum absolute atomic E-state index is 13.6. The Kier molecular flexibility index (Phi) is 13.3. The van der Waals surface area contributed by atoms with Gasteiger partial charge in [-0.15, -0.1) is 0 Å². The minimum absolute atomic E-state index is 0.0366. The second-order valence-electron chi connectivity index (χ2n) is 17.5. The lowest BCUT2D eigenvalue weighted by molar-refractivity contribution is -0.251. The van der Waals surface area contributed by atoms with E-state index in [-0.39, 0.29) is 54.5 Å². The monoisotopic (exact) mass is 766 g/mol. The molecular weight excluding hydrogens is 705 g/mol. The molecule has 0 saturated heterocycles. The molecule has 3 aromatic carbocycles. The van der Waals surface area contributed by atoms with Crippen LogP contribution in [-0.2, 0) is 46.4 Å². The lowest BCUT2D eigenvalue weighted by Gasteiger charge is -2.64. The van der Waals surface area contributed by atoms with Crippen LogP contribution in [-0.4, -0.2) is 50.9 Å². The van der Waals surface area contributed by atoms with Crippen LogP contribution in [0.15, 0.2) is 91.0 Å². The molecule has 0 radical (unpaired) electrons. The maximum atomic E-state index is 13.6. The highest BCUT2D eigenvalue weighted by molar-refractivity contribution is 5.89. The molecule has 0 aliphatic heterocycles. The third kappa shape index (κ3) is 8.79. The van der Waals surface area contributed by atoms with E-state index in [1.165, 1.54) is 20.0 Å². The molecule has 11 atom stereocenters. The van der Waals surface area contributed by atoms with Gasteiger partial charge in [0.2, 0.25) is 0 Å². The van der Waals surface area contributed by atoms with Gasteiger partial charge in [0.05, 0.1) is 32.0 Å². The zero-order valence-corrected chi connectivity index (χ0v) is 33.8. The molecule has 0 spiro atoms. The summed E-state index contributed by atoms with van der Waals surface area (Å²) in [7, 11) is 1.48. The third-order valence-electron chi connectivity index (χ3n) is 14.7. The number of rotatable bonds is 16. The molecule has 4 aliphatic rings. The molecule has 0 amide bonds. The Morgan fingerprint density at radius 2 is 1.29 bits per heavy atom. The first-order valence-electron chi connectivity index (χ1n) is 21.0. The predicted molar refractivity (Wildman–Crippen MR) is 214 cm³/mol. The van der Waals surface area contributed by atoms with Gasteiger partial charge in [-0.3, -0.25) is 4.79 Å². The van der Waals surface area contributed by atoms with E-state index in [9.17, 15) is 9.59 Å². The number of hydrogen-bond acceptors (Lipinski definition) is 8. The first kappa shape index (κ1) is 40.6. The van der Waals surface area contributed by atoms with Crippen LogP contribution in [0.4, 0.5) is 0 Å². The van der Waals surface area contributed by atoms with Crippen molar-refractivity contribution in [1.82, 2.24) is 0 Å². The van der Waals surface area contributed by atoms with Crippen molar-refractivity contribution < 1.29 is 38.0 Å². The Morgan fingerprint density at radius 3 is 1.93 bits per heavy atom. The number of carbonyl (C=O) groups excluding carboxylic acids is 2. The van der Waals surface area contributed by atoms with Crippen molar-refractivity contribution in [3.63, 3.8) is 0 Å². The zero-order valence-electron chi connectivity index (χ0n) is 33.8. The van der Waals surface area contributed by atoms with Crippen molar-refractivity contribution in [3.8, 4) is 0 Å². The van der Waals surface area contributed by atoms with Crippen LogP contribution in [0, 0.1) is 46.3 Å². The van der Waals surface area contributed by atoms with Crippen LogP contribution in [0.1, 0.15) is 100 Å². The average Bonchev–Trinajstić information content (AvgIpc) is 3.59. The molecule has 4 fully saturated rings. The smallest absolute Gasteiger partial charge is 0.338 e. The number of ether oxygens (including phenoxy) is 6. The van der Waals surface area contributed by atoms with E-state index < -0.39 is 6.10 Å². The van der Waals surface area contributed by atoms with Crippen molar-refractivity contribution in [3.05, 3.63) is 108 Å². The van der Waals surface area contributed by atoms with Crippen LogP contribution >= 0.6 is 0 Å². The average molecular weight is 767 g/mol. The Bertz CT molecular complexity index is 1700. The number of hydrogen-bond donors (Lipinski definition) is 0. The van der Waals surface area contributed by atoms with Crippen molar-refractivity contribution in [2.45, 2.75) is 110 Å². The highest BCUT2D eigenvalue weighted by atomic mass is 16.7. The molecule has 4 saturated carbocycles. The van der Waals surface area contributed by atoms with Crippen molar-refractivity contribution >= 4 is 11.9 Å². The highest BCUT2D eigenvalue weighted by Crippen LogP contribution is 2.69. The van der Waals surface area contributed by atoms with Crippen molar-refractivity contribution in [2.24, 2.45) is 46.3 Å². The summed E-state index contributed by atoms with van der Waals surface area (Å²) in [5.41, 5.74) is 2.87. The van der Waals surface area contributed by atoms with E-state index in [1.807, 2.05) is 66.7 Å². The van der Waals surface area contributed by atoms with E-state index in [0.29, 0.717) is 54.8 Å². The number of methoxy groups -OCH3 is 1. The molecule has 56 heavy (non-hydrogen) atoms. The molecule has 0 heterocycles. The van der Waals surface area contributed by atoms with E-state index in [4.69, 9.17) is 28.4 Å². The first-order chi connectivity index (χ1) is 27.2. The summed E-state index contributed by atoms with van der Waals surface area (Å²) in [5, 5.41) is 0. The largest absolute Gasteiger partial charge is 0.469 e. The lowest BCUT2D eigenvalue weighted by atomic mass is 9.43. The van der Waals surface area contributed by atoms with Crippen LogP contribution in [0.5, 0.6) is 0 Å². The Balaban J connectivity index is 1.15. The molecular formula is C48H62O8. The van der Waals surface area contributed by atoms with Gasteiger partial charge < -0.3 is 28.4 Å². The Labute approximate surface area is 333 Å². The van der Waals surface area contributed by atoms with Crippen LogP contribution < -0.4 is 0 Å². The van der Waals surface area contributed by atoms with Gasteiger partial charge in [-0.2, -0.15) is 0 Å². The van der Waals surface area contributed by atoms with Gasteiger partial charge in [0.25, 0.3) is 0 Å². The molecule has 4 aliphatic carbocycles. The molecule has 0 aromatic heterocycles. The Morgan fingerprint density at radius 1 is 0.696 bits per heavy atom. The van der Waals surface area contributed by atoms with Gasteiger partial charge in [0.15, 0.2) is 0 Å². The fraction of sp³-hybridized carbons (Fsp3) is 0.583. The van der Waals surface area contributed by atoms with Gasteiger partial charge in [-0.05, 0) is 121 Å². The van der Waals surface area contributed by atoms with Crippen LogP contribution in [0.2, 0.25) is 0 Å². The lowest BCUT2D eigenvalue weighted by Crippen LogP contribution is -2.63. The number of benzene rings is 3.